The predicted molar refractivity (Wildman–Crippen MR) is 99.2 cm³/mol. The summed E-state index contributed by atoms with van der Waals surface area (Å²) in [6.45, 7) is -1.32. The van der Waals surface area contributed by atoms with Crippen molar-refractivity contribution in [1.29, 1.82) is 0 Å². The Labute approximate surface area is 160 Å². The van der Waals surface area contributed by atoms with Crippen LogP contribution in [0.1, 0.15) is 12.0 Å². The first-order chi connectivity index (χ1) is 12.9. The van der Waals surface area contributed by atoms with Gasteiger partial charge in [0, 0.05) is 16.3 Å². The third kappa shape index (κ3) is 8.08. The fraction of sp³-hybridized carbons (Fsp3) is 0.263. The van der Waals surface area contributed by atoms with E-state index in [1.807, 2.05) is 31.2 Å². The fourth-order valence-corrected chi connectivity index (χ4v) is 2.85. The number of nitrogens with one attached hydrogen (secondary N) is 1. The number of hydrogen-bond donors (Lipinski definition) is 1. The maximum Gasteiger partial charge on any atom is 0.387 e. The van der Waals surface area contributed by atoms with Gasteiger partial charge in [0.25, 0.3) is 5.91 Å². The first-order valence-electron chi connectivity index (χ1n) is 8.12. The maximum absolute atomic E-state index is 12.1. The van der Waals surface area contributed by atoms with Gasteiger partial charge in [-0.2, -0.15) is 8.78 Å². The molecular weight excluding hydrogens is 376 g/mol. The fourth-order valence-electron chi connectivity index (χ4n) is 2.02. The van der Waals surface area contributed by atoms with E-state index in [-0.39, 0.29) is 12.2 Å². The third-order valence-corrected chi connectivity index (χ3v) is 4.34. The number of alkyl halides is 2. The molecule has 5 nitrogen and oxygen atoms in total. The van der Waals surface area contributed by atoms with Crippen molar-refractivity contribution in [3.63, 3.8) is 0 Å². The van der Waals surface area contributed by atoms with E-state index in [0.29, 0.717) is 11.4 Å². The maximum atomic E-state index is 12.1. The van der Waals surface area contributed by atoms with Gasteiger partial charge >= 0.3 is 12.6 Å². The molecule has 0 aromatic heterocycles. The molecule has 0 radical (unpaired) electrons. The van der Waals surface area contributed by atoms with E-state index in [0.717, 1.165) is 4.90 Å². The minimum atomic E-state index is -2.91. The number of aryl methyl sites for hydroxylation is 1. The van der Waals surface area contributed by atoms with Crippen molar-refractivity contribution in [1.82, 2.24) is 0 Å². The first-order valence-corrected chi connectivity index (χ1v) is 9.11. The summed E-state index contributed by atoms with van der Waals surface area (Å²) in [5, 5.41) is 2.50. The molecule has 2 aromatic rings. The van der Waals surface area contributed by atoms with E-state index in [2.05, 4.69) is 10.1 Å². The number of benzene rings is 2. The van der Waals surface area contributed by atoms with Crippen molar-refractivity contribution < 1.29 is 27.8 Å². The van der Waals surface area contributed by atoms with Crippen LogP contribution < -0.4 is 10.1 Å². The molecule has 0 fully saturated rings. The molecule has 0 heterocycles. The number of thioether (sulfide) groups is 1. The van der Waals surface area contributed by atoms with Gasteiger partial charge in [0.1, 0.15) is 5.75 Å². The Balaban J connectivity index is 1.65. The molecule has 2 rings (SSSR count). The molecule has 0 aliphatic heterocycles. The largest absolute Gasteiger partial charge is 0.456 e. The second-order valence-corrected chi connectivity index (χ2v) is 6.69. The molecule has 0 aliphatic carbocycles. The van der Waals surface area contributed by atoms with Crippen molar-refractivity contribution >= 4 is 29.3 Å². The number of rotatable bonds is 9. The van der Waals surface area contributed by atoms with Gasteiger partial charge in [-0.15, -0.1) is 11.8 Å². The van der Waals surface area contributed by atoms with Crippen molar-refractivity contribution in [2.45, 2.75) is 24.9 Å². The molecule has 2 aromatic carbocycles. The minimum Gasteiger partial charge on any atom is -0.456 e. The summed E-state index contributed by atoms with van der Waals surface area (Å²) in [5.41, 5.74) is 1.55. The van der Waals surface area contributed by atoms with E-state index in [1.165, 1.54) is 41.6 Å². The highest BCUT2D eigenvalue weighted by atomic mass is 32.2. The van der Waals surface area contributed by atoms with Gasteiger partial charge in [0.2, 0.25) is 0 Å². The van der Waals surface area contributed by atoms with Crippen LogP contribution in [0.5, 0.6) is 5.75 Å². The highest BCUT2D eigenvalue weighted by Crippen LogP contribution is 2.19. The van der Waals surface area contributed by atoms with Crippen molar-refractivity contribution in [3.05, 3.63) is 54.1 Å². The molecule has 0 saturated heterocycles. The minimum absolute atomic E-state index is 0.0134. The van der Waals surface area contributed by atoms with Crippen molar-refractivity contribution in [2.75, 3.05) is 17.7 Å². The van der Waals surface area contributed by atoms with Gasteiger partial charge in [-0.05, 0) is 43.3 Å². The summed E-state index contributed by atoms with van der Waals surface area (Å²) in [7, 11) is 0. The monoisotopic (exact) mass is 395 g/mol. The summed E-state index contributed by atoms with van der Waals surface area (Å²) in [6.07, 6.45) is 0.186. The molecule has 144 valence electrons. The average Bonchev–Trinajstić information content (AvgIpc) is 2.63. The van der Waals surface area contributed by atoms with Crippen LogP contribution in [0, 0.1) is 6.92 Å². The highest BCUT2D eigenvalue weighted by Gasteiger charge is 2.09. The molecule has 0 saturated carbocycles. The van der Waals surface area contributed by atoms with Crippen LogP contribution in [0.4, 0.5) is 14.5 Å². The molecule has 0 aliphatic rings. The molecule has 1 amide bonds. The number of hydrogen-bond acceptors (Lipinski definition) is 5. The smallest absolute Gasteiger partial charge is 0.387 e. The van der Waals surface area contributed by atoms with Gasteiger partial charge in [-0.25, -0.2) is 0 Å². The Morgan fingerprint density at radius 1 is 1.07 bits per heavy atom. The predicted octanol–water partition coefficient (Wildman–Crippen LogP) is 4.26. The zero-order valence-electron chi connectivity index (χ0n) is 14.6. The van der Waals surface area contributed by atoms with Gasteiger partial charge in [0.05, 0.1) is 6.42 Å². The Morgan fingerprint density at radius 3 is 2.37 bits per heavy atom. The Kier molecular flexibility index (Phi) is 8.06. The molecule has 8 heteroatoms. The van der Waals surface area contributed by atoms with Crippen molar-refractivity contribution in [2.24, 2.45) is 0 Å². The lowest BCUT2D eigenvalue weighted by Gasteiger charge is -2.08. The number of ether oxygens (including phenoxy) is 2. The average molecular weight is 395 g/mol. The van der Waals surface area contributed by atoms with Gasteiger partial charge in [0.15, 0.2) is 6.61 Å². The second kappa shape index (κ2) is 10.5. The SMILES string of the molecule is Cc1ccc(SCCC(=O)OCC(=O)Nc2ccc(OC(F)F)cc2)cc1. The van der Waals surface area contributed by atoms with Crippen LogP contribution in [0.25, 0.3) is 0 Å². The lowest BCUT2D eigenvalue weighted by molar-refractivity contribution is -0.146. The summed E-state index contributed by atoms with van der Waals surface area (Å²) in [6, 6.07) is 13.4. The molecule has 0 atom stereocenters. The molecule has 0 bridgehead atoms. The van der Waals surface area contributed by atoms with Crippen LogP contribution >= 0.6 is 11.8 Å². The lowest BCUT2D eigenvalue weighted by atomic mass is 10.2. The standard InChI is InChI=1S/C19H19F2NO4S/c1-13-2-8-16(9-3-13)27-11-10-18(24)25-12-17(23)22-14-4-6-15(7-5-14)26-19(20)21/h2-9,19H,10-12H2,1H3,(H,22,23). The van der Waals surface area contributed by atoms with Gasteiger partial charge in [-0.1, -0.05) is 17.7 Å². The Morgan fingerprint density at radius 2 is 1.74 bits per heavy atom. The Bertz CT molecular complexity index is 751. The van der Waals surface area contributed by atoms with Gasteiger partial charge in [-0.3, -0.25) is 9.59 Å². The number of carbonyl (C=O) groups is 2. The first kappa shape index (κ1) is 20.7. The van der Waals surface area contributed by atoms with Crippen LogP contribution in [0.3, 0.4) is 0 Å². The summed E-state index contributed by atoms with van der Waals surface area (Å²) in [5.74, 6) is -0.447. The van der Waals surface area contributed by atoms with Crippen LogP contribution in [-0.2, 0) is 14.3 Å². The summed E-state index contributed by atoms with van der Waals surface area (Å²) in [4.78, 5) is 24.5. The van der Waals surface area contributed by atoms with E-state index >= 15 is 0 Å². The number of halogens is 2. The number of amides is 1. The summed E-state index contributed by atoms with van der Waals surface area (Å²) >= 11 is 1.53. The number of carbonyl (C=O) groups excluding carboxylic acids is 2. The van der Waals surface area contributed by atoms with E-state index in [4.69, 9.17) is 4.74 Å². The number of esters is 1. The third-order valence-electron chi connectivity index (χ3n) is 3.32. The Hall–Kier alpha value is -2.61. The van der Waals surface area contributed by atoms with Gasteiger partial charge < -0.3 is 14.8 Å². The number of anilines is 1. The van der Waals surface area contributed by atoms with E-state index in [1.54, 1.807) is 0 Å². The normalized spacial score (nSPS) is 10.5. The lowest BCUT2D eigenvalue weighted by Crippen LogP contribution is -2.21. The van der Waals surface area contributed by atoms with E-state index < -0.39 is 25.1 Å². The van der Waals surface area contributed by atoms with Crippen LogP contribution in [-0.4, -0.2) is 30.8 Å². The molecular formula is C19H19F2NO4S. The topological polar surface area (TPSA) is 64.6 Å². The summed E-state index contributed by atoms with van der Waals surface area (Å²) < 4.78 is 33.3. The molecule has 27 heavy (non-hydrogen) atoms. The van der Waals surface area contributed by atoms with E-state index in [9.17, 15) is 18.4 Å². The molecule has 0 spiro atoms. The highest BCUT2D eigenvalue weighted by molar-refractivity contribution is 7.99. The molecule has 0 unspecified atom stereocenters. The second-order valence-electron chi connectivity index (χ2n) is 5.52. The zero-order valence-corrected chi connectivity index (χ0v) is 15.4. The van der Waals surface area contributed by atoms with Crippen molar-refractivity contribution in [3.8, 4) is 5.75 Å². The zero-order chi connectivity index (χ0) is 19.6. The van der Waals surface area contributed by atoms with Crippen LogP contribution in [0.2, 0.25) is 0 Å². The quantitative estimate of drug-likeness (QED) is 0.508. The molecule has 1 N–H and O–H groups in total. The van der Waals surface area contributed by atoms with Crippen LogP contribution in [0.15, 0.2) is 53.4 Å².